The standard InChI is InChI=1S/C10H20N4O2S/c1-4-10(11,5-2)7-13-17(15,16)9-6-12-14-8(9)3/h6,13H,4-5,7,11H2,1-3H3,(H,12,14). The molecular formula is C10H20N4O2S. The van der Waals surface area contributed by atoms with Gasteiger partial charge in [0, 0.05) is 12.1 Å². The van der Waals surface area contributed by atoms with E-state index in [-0.39, 0.29) is 11.4 Å². The van der Waals surface area contributed by atoms with E-state index in [0.29, 0.717) is 5.69 Å². The zero-order valence-electron chi connectivity index (χ0n) is 10.4. The summed E-state index contributed by atoms with van der Waals surface area (Å²) in [5.41, 5.74) is 6.07. The zero-order valence-corrected chi connectivity index (χ0v) is 11.3. The maximum Gasteiger partial charge on any atom is 0.244 e. The third-order valence-corrected chi connectivity index (χ3v) is 4.61. The van der Waals surface area contributed by atoms with Crippen molar-refractivity contribution in [1.29, 1.82) is 0 Å². The van der Waals surface area contributed by atoms with Crippen LogP contribution in [0.2, 0.25) is 0 Å². The van der Waals surface area contributed by atoms with Crippen LogP contribution in [0.5, 0.6) is 0 Å². The normalized spacial score (nSPS) is 12.9. The number of nitrogens with zero attached hydrogens (tertiary/aromatic N) is 1. The van der Waals surface area contributed by atoms with Crippen LogP contribution in [-0.4, -0.2) is 30.7 Å². The maximum absolute atomic E-state index is 12.0. The summed E-state index contributed by atoms with van der Waals surface area (Å²) in [4.78, 5) is 0.173. The lowest BCUT2D eigenvalue weighted by Gasteiger charge is -2.26. The second kappa shape index (κ2) is 5.16. The number of aromatic nitrogens is 2. The number of sulfonamides is 1. The summed E-state index contributed by atoms with van der Waals surface area (Å²) < 4.78 is 26.5. The molecule has 0 aliphatic heterocycles. The predicted octanol–water partition coefficient (Wildman–Crippen LogP) is 0.514. The van der Waals surface area contributed by atoms with Crippen molar-refractivity contribution >= 4 is 10.0 Å². The van der Waals surface area contributed by atoms with Crippen molar-refractivity contribution in [1.82, 2.24) is 14.9 Å². The highest BCUT2D eigenvalue weighted by molar-refractivity contribution is 7.89. The van der Waals surface area contributed by atoms with Crippen LogP contribution in [0, 0.1) is 6.92 Å². The Kier molecular flexibility index (Phi) is 4.29. The molecule has 0 radical (unpaired) electrons. The Morgan fingerprint density at radius 1 is 1.47 bits per heavy atom. The van der Waals surface area contributed by atoms with Gasteiger partial charge in [-0.05, 0) is 19.8 Å². The number of hydrogen-bond acceptors (Lipinski definition) is 4. The van der Waals surface area contributed by atoms with Gasteiger partial charge in [0.05, 0.1) is 11.9 Å². The molecule has 1 aromatic rings. The molecule has 0 spiro atoms. The second-order valence-corrected chi connectivity index (χ2v) is 5.99. The molecule has 0 aliphatic rings. The van der Waals surface area contributed by atoms with Crippen LogP contribution >= 0.6 is 0 Å². The molecule has 0 aliphatic carbocycles. The fraction of sp³-hybridized carbons (Fsp3) is 0.700. The van der Waals surface area contributed by atoms with E-state index in [2.05, 4.69) is 14.9 Å². The minimum Gasteiger partial charge on any atom is -0.324 e. The fourth-order valence-electron chi connectivity index (χ4n) is 1.43. The van der Waals surface area contributed by atoms with Crippen molar-refractivity contribution in [3.05, 3.63) is 11.9 Å². The zero-order chi connectivity index (χ0) is 13.1. The number of H-pyrrole nitrogens is 1. The van der Waals surface area contributed by atoms with Crippen molar-refractivity contribution in [2.24, 2.45) is 5.73 Å². The van der Waals surface area contributed by atoms with Gasteiger partial charge in [-0.25, -0.2) is 13.1 Å². The van der Waals surface area contributed by atoms with Crippen molar-refractivity contribution < 1.29 is 8.42 Å². The lowest BCUT2D eigenvalue weighted by atomic mass is 9.95. The third-order valence-electron chi connectivity index (χ3n) is 3.10. The summed E-state index contributed by atoms with van der Waals surface area (Å²) in [6.07, 6.45) is 2.74. The Morgan fingerprint density at radius 3 is 2.47 bits per heavy atom. The Morgan fingerprint density at radius 2 is 2.06 bits per heavy atom. The monoisotopic (exact) mass is 260 g/mol. The summed E-state index contributed by atoms with van der Waals surface area (Å²) in [5.74, 6) is 0. The highest BCUT2D eigenvalue weighted by atomic mass is 32.2. The summed E-state index contributed by atoms with van der Waals surface area (Å²) in [7, 11) is -3.52. The van der Waals surface area contributed by atoms with Gasteiger partial charge >= 0.3 is 0 Å². The lowest BCUT2D eigenvalue weighted by molar-refractivity contribution is 0.391. The molecule has 0 saturated heterocycles. The highest BCUT2D eigenvalue weighted by Crippen LogP contribution is 2.14. The number of nitrogens with two attached hydrogens (primary N) is 1. The highest BCUT2D eigenvalue weighted by Gasteiger charge is 2.25. The van der Waals surface area contributed by atoms with Gasteiger partial charge in [-0.2, -0.15) is 5.10 Å². The molecule has 1 aromatic heterocycles. The van der Waals surface area contributed by atoms with E-state index in [0.717, 1.165) is 12.8 Å². The molecule has 98 valence electrons. The molecule has 0 unspecified atom stereocenters. The summed E-state index contributed by atoms with van der Waals surface area (Å²) in [6.45, 7) is 5.78. The van der Waals surface area contributed by atoms with Gasteiger partial charge in [-0.3, -0.25) is 5.10 Å². The smallest absolute Gasteiger partial charge is 0.244 e. The molecule has 0 aromatic carbocycles. The minimum atomic E-state index is -3.52. The number of hydrogen-bond donors (Lipinski definition) is 3. The van der Waals surface area contributed by atoms with E-state index in [4.69, 9.17) is 5.73 Å². The molecular weight excluding hydrogens is 240 g/mol. The van der Waals surface area contributed by atoms with E-state index in [9.17, 15) is 8.42 Å². The van der Waals surface area contributed by atoms with Gasteiger partial charge in [0.25, 0.3) is 0 Å². The molecule has 4 N–H and O–H groups in total. The molecule has 7 heteroatoms. The molecule has 0 bridgehead atoms. The van der Waals surface area contributed by atoms with Gasteiger partial charge < -0.3 is 5.73 Å². The summed E-state index contributed by atoms with van der Waals surface area (Å²) in [6, 6.07) is 0. The van der Waals surface area contributed by atoms with Gasteiger partial charge in [-0.1, -0.05) is 13.8 Å². The van der Waals surface area contributed by atoms with Crippen LogP contribution in [0.1, 0.15) is 32.4 Å². The van der Waals surface area contributed by atoms with Crippen LogP contribution in [-0.2, 0) is 10.0 Å². The van der Waals surface area contributed by atoms with Gasteiger partial charge in [0.15, 0.2) is 0 Å². The fourth-order valence-corrected chi connectivity index (χ4v) is 2.70. The first-order valence-electron chi connectivity index (χ1n) is 5.63. The van der Waals surface area contributed by atoms with Gasteiger partial charge in [0.2, 0.25) is 10.0 Å². The molecule has 0 atom stereocenters. The molecule has 6 nitrogen and oxygen atoms in total. The van der Waals surface area contributed by atoms with Crippen LogP contribution in [0.25, 0.3) is 0 Å². The average molecular weight is 260 g/mol. The number of rotatable bonds is 6. The largest absolute Gasteiger partial charge is 0.324 e. The predicted molar refractivity (Wildman–Crippen MR) is 66.0 cm³/mol. The first-order valence-corrected chi connectivity index (χ1v) is 7.11. The summed E-state index contributed by atoms with van der Waals surface area (Å²) in [5, 5.41) is 6.30. The Balaban J connectivity index is 2.79. The quantitative estimate of drug-likeness (QED) is 0.693. The molecule has 1 heterocycles. The SMILES string of the molecule is CCC(N)(CC)CNS(=O)(=O)c1cn[nH]c1C. The van der Waals surface area contributed by atoms with Crippen molar-refractivity contribution in [2.75, 3.05) is 6.54 Å². The number of aromatic amines is 1. The van der Waals surface area contributed by atoms with Gasteiger partial charge in [-0.15, -0.1) is 0 Å². The third kappa shape index (κ3) is 3.27. The van der Waals surface area contributed by atoms with Crippen LogP contribution in [0.15, 0.2) is 11.1 Å². The Bertz CT molecular complexity index is 462. The summed E-state index contributed by atoms with van der Waals surface area (Å²) >= 11 is 0. The van der Waals surface area contributed by atoms with Gasteiger partial charge in [0.1, 0.15) is 4.90 Å². The lowest BCUT2D eigenvalue weighted by Crippen LogP contribution is -2.49. The first kappa shape index (κ1) is 14.1. The Hall–Kier alpha value is -0.920. The second-order valence-electron chi connectivity index (χ2n) is 4.25. The van der Waals surface area contributed by atoms with Crippen LogP contribution < -0.4 is 10.5 Å². The maximum atomic E-state index is 12.0. The topological polar surface area (TPSA) is 101 Å². The van der Waals surface area contributed by atoms with E-state index in [1.807, 2.05) is 13.8 Å². The van der Waals surface area contributed by atoms with E-state index in [1.54, 1.807) is 6.92 Å². The van der Waals surface area contributed by atoms with Crippen LogP contribution in [0.4, 0.5) is 0 Å². The molecule has 0 saturated carbocycles. The molecule has 0 amide bonds. The van der Waals surface area contributed by atoms with E-state index >= 15 is 0 Å². The first-order chi connectivity index (χ1) is 7.84. The van der Waals surface area contributed by atoms with E-state index in [1.165, 1.54) is 6.20 Å². The van der Waals surface area contributed by atoms with Crippen molar-refractivity contribution in [3.63, 3.8) is 0 Å². The number of nitrogens with one attached hydrogen (secondary N) is 2. The molecule has 1 rings (SSSR count). The van der Waals surface area contributed by atoms with Crippen molar-refractivity contribution in [3.8, 4) is 0 Å². The van der Waals surface area contributed by atoms with E-state index < -0.39 is 15.6 Å². The number of aryl methyl sites for hydroxylation is 1. The average Bonchev–Trinajstić information content (AvgIpc) is 2.73. The molecule has 0 fully saturated rings. The molecule has 17 heavy (non-hydrogen) atoms. The minimum absolute atomic E-state index is 0.173. The Labute approximate surface area is 102 Å². The van der Waals surface area contributed by atoms with Crippen LogP contribution in [0.3, 0.4) is 0 Å². The van der Waals surface area contributed by atoms with Crippen molar-refractivity contribution in [2.45, 2.75) is 44.0 Å².